The second-order valence-corrected chi connectivity index (χ2v) is 9.59. The van der Waals surface area contributed by atoms with E-state index in [9.17, 15) is 4.21 Å². The van der Waals surface area contributed by atoms with E-state index in [1.807, 2.05) is 24.3 Å². The Kier molecular flexibility index (Phi) is 7.26. The molecule has 27 heavy (non-hydrogen) atoms. The second kappa shape index (κ2) is 9.66. The number of aryl methyl sites for hydroxylation is 1. The Morgan fingerprint density at radius 1 is 1.00 bits per heavy atom. The number of halogens is 1. The number of thioether (sulfide) groups is 1. The Balaban J connectivity index is 1.63. The zero-order valence-electron chi connectivity index (χ0n) is 15.4. The maximum Gasteiger partial charge on any atom is 0.191 e. The van der Waals surface area contributed by atoms with Crippen molar-refractivity contribution in [2.24, 2.45) is 0 Å². The van der Waals surface area contributed by atoms with Gasteiger partial charge in [-0.05, 0) is 37.1 Å². The van der Waals surface area contributed by atoms with Crippen molar-refractivity contribution >= 4 is 38.5 Å². The summed E-state index contributed by atoms with van der Waals surface area (Å²) in [5.41, 5.74) is 3.58. The standard InChI is InChI=1S/C20H22BrN3OS2/c1-3-24-19(14-27(25)13-17-8-10-18(21)11-9-17)22-23-20(24)26-12-16-6-4-15(2)5-7-16/h4-11H,3,12-14H2,1-2H3/t27-/m0/s1. The van der Waals surface area contributed by atoms with Gasteiger partial charge in [0.1, 0.15) is 5.82 Å². The van der Waals surface area contributed by atoms with E-state index in [0.717, 1.165) is 33.3 Å². The van der Waals surface area contributed by atoms with E-state index >= 15 is 0 Å². The molecule has 1 atom stereocenters. The fraction of sp³-hybridized carbons (Fsp3) is 0.300. The highest BCUT2D eigenvalue weighted by molar-refractivity contribution is 9.10. The third-order valence-corrected chi connectivity index (χ3v) is 6.93. The molecular formula is C20H22BrN3OS2. The zero-order chi connectivity index (χ0) is 19.2. The van der Waals surface area contributed by atoms with E-state index in [2.05, 4.69) is 68.8 Å². The van der Waals surface area contributed by atoms with Crippen LogP contribution >= 0.6 is 27.7 Å². The van der Waals surface area contributed by atoms with Crippen LogP contribution in [0.3, 0.4) is 0 Å². The topological polar surface area (TPSA) is 47.8 Å². The summed E-state index contributed by atoms with van der Waals surface area (Å²) in [7, 11) is -1.02. The molecule has 0 spiro atoms. The van der Waals surface area contributed by atoms with Gasteiger partial charge >= 0.3 is 0 Å². The van der Waals surface area contributed by atoms with E-state index < -0.39 is 10.8 Å². The van der Waals surface area contributed by atoms with Crippen LogP contribution in [0.15, 0.2) is 58.2 Å². The molecule has 0 saturated heterocycles. The van der Waals surface area contributed by atoms with Crippen LogP contribution in [-0.2, 0) is 34.6 Å². The number of rotatable bonds is 8. The van der Waals surface area contributed by atoms with Gasteiger partial charge in [-0.15, -0.1) is 10.2 Å². The van der Waals surface area contributed by atoms with Crippen molar-refractivity contribution in [1.82, 2.24) is 14.8 Å². The van der Waals surface area contributed by atoms with Crippen LogP contribution < -0.4 is 0 Å². The lowest BCUT2D eigenvalue weighted by molar-refractivity contribution is 0.650. The molecule has 0 N–H and O–H groups in total. The number of hydrogen-bond acceptors (Lipinski definition) is 4. The summed E-state index contributed by atoms with van der Waals surface area (Å²) < 4.78 is 15.7. The summed E-state index contributed by atoms with van der Waals surface area (Å²) >= 11 is 5.09. The molecule has 0 amide bonds. The number of nitrogens with zero attached hydrogens (tertiary/aromatic N) is 3. The van der Waals surface area contributed by atoms with E-state index in [-0.39, 0.29) is 0 Å². The number of aromatic nitrogens is 3. The fourth-order valence-corrected chi connectivity index (χ4v) is 5.05. The summed E-state index contributed by atoms with van der Waals surface area (Å²) in [6.45, 7) is 4.93. The van der Waals surface area contributed by atoms with E-state index in [0.29, 0.717) is 11.5 Å². The van der Waals surface area contributed by atoms with Crippen molar-refractivity contribution in [1.29, 1.82) is 0 Å². The largest absolute Gasteiger partial charge is 0.306 e. The summed E-state index contributed by atoms with van der Waals surface area (Å²) in [6.07, 6.45) is 0. The van der Waals surface area contributed by atoms with E-state index in [1.54, 1.807) is 11.8 Å². The molecular weight excluding hydrogens is 442 g/mol. The predicted molar refractivity (Wildman–Crippen MR) is 116 cm³/mol. The van der Waals surface area contributed by atoms with Crippen molar-refractivity contribution in [2.45, 2.75) is 42.8 Å². The van der Waals surface area contributed by atoms with Crippen molar-refractivity contribution < 1.29 is 4.21 Å². The van der Waals surface area contributed by atoms with Crippen molar-refractivity contribution in [3.63, 3.8) is 0 Å². The average molecular weight is 464 g/mol. The number of hydrogen-bond donors (Lipinski definition) is 0. The molecule has 1 aromatic heterocycles. The summed E-state index contributed by atoms with van der Waals surface area (Å²) in [5, 5.41) is 9.51. The molecule has 0 aliphatic heterocycles. The predicted octanol–water partition coefficient (Wildman–Crippen LogP) is 5.11. The second-order valence-electron chi connectivity index (χ2n) is 6.27. The molecule has 2 aromatic carbocycles. The third kappa shape index (κ3) is 5.77. The van der Waals surface area contributed by atoms with Gasteiger partial charge < -0.3 is 4.57 Å². The Labute approximate surface area is 175 Å². The summed E-state index contributed by atoms with van der Waals surface area (Å²) in [4.78, 5) is 0. The van der Waals surface area contributed by atoms with Gasteiger partial charge in [0.25, 0.3) is 0 Å². The highest BCUT2D eigenvalue weighted by Crippen LogP contribution is 2.23. The lowest BCUT2D eigenvalue weighted by Gasteiger charge is -2.08. The molecule has 0 fully saturated rings. The fourth-order valence-electron chi connectivity index (χ4n) is 2.64. The summed E-state index contributed by atoms with van der Waals surface area (Å²) in [6, 6.07) is 16.5. The molecule has 0 unspecified atom stereocenters. The monoisotopic (exact) mass is 463 g/mol. The lowest BCUT2D eigenvalue weighted by atomic mass is 10.2. The molecule has 0 bridgehead atoms. The first-order valence-corrected chi connectivity index (χ1v) is 12.0. The van der Waals surface area contributed by atoms with Gasteiger partial charge in [0.15, 0.2) is 5.16 Å². The molecule has 4 nitrogen and oxygen atoms in total. The van der Waals surface area contributed by atoms with Crippen LogP contribution in [0.2, 0.25) is 0 Å². The van der Waals surface area contributed by atoms with Gasteiger partial charge in [-0.3, -0.25) is 4.21 Å². The van der Waals surface area contributed by atoms with Crippen LogP contribution in [0, 0.1) is 6.92 Å². The van der Waals surface area contributed by atoms with Crippen molar-refractivity contribution in [3.05, 3.63) is 75.5 Å². The highest BCUT2D eigenvalue weighted by atomic mass is 79.9. The van der Waals surface area contributed by atoms with Crippen LogP contribution in [0.5, 0.6) is 0 Å². The minimum Gasteiger partial charge on any atom is -0.306 e. The Bertz CT molecular complexity index is 908. The van der Waals surface area contributed by atoms with Gasteiger partial charge in [0.2, 0.25) is 0 Å². The average Bonchev–Trinajstić information content (AvgIpc) is 3.04. The quantitative estimate of drug-likeness (QED) is 0.435. The Morgan fingerprint density at radius 3 is 2.33 bits per heavy atom. The minimum atomic E-state index is -1.02. The smallest absolute Gasteiger partial charge is 0.191 e. The SMILES string of the molecule is CCn1c(C[S@@](=O)Cc2ccc(Br)cc2)nnc1SCc1ccc(C)cc1. The first kappa shape index (κ1) is 20.3. The summed E-state index contributed by atoms with van der Waals surface area (Å²) in [5.74, 6) is 2.58. The molecule has 0 aliphatic carbocycles. The molecule has 0 aliphatic rings. The van der Waals surface area contributed by atoms with Crippen LogP contribution in [-0.4, -0.2) is 19.0 Å². The third-order valence-electron chi connectivity index (χ3n) is 4.13. The van der Waals surface area contributed by atoms with Gasteiger partial charge in [-0.1, -0.05) is 69.7 Å². The van der Waals surface area contributed by atoms with Crippen LogP contribution in [0.4, 0.5) is 0 Å². The molecule has 0 saturated carbocycles. The van der Waals surface area contributed by atoms with Gasteiger partial charge in [-0.2, -0.15) is 0 Å². The molecule has 7 heteroatoms. The van der Waals surface area contributed by atoms with Gasteiger partial charge in [0.05, 0.1) is 5.75 Å². The minimum absolute atomic E-state index is 0.419. The van der Waals surface area contributed by atoms with E-state index in [4.69, 9.17) is 0 Å². The normalized spacial score (nSPS) is 12.3. The molecule has 142 valence electrons. The molecule has 1 heterocycles. The Morgan fingerprint density at radius 2 is 1.67 bits per heavy atom. The first-order valence-electron chi connectivity index (χ1n) is 8.75. The molecule has 3 rings (SSSR count). The van der Waals surface area contributed by atoms with E-state index in [1.165, 1.54) is 11.1 Å². The molecule has 3 aromatic rings. The van der Waals surface area contributed by atoms with Crippen molar-refractivity contribution in [2.75, 3.05) is 0 Å². The Hall–Kier alpha value is -1.44. The van der Waals surface area contributed by atoms with Crippen molar-refractivity contribution in [3.8, 4) is 0 Å². The van der Waals surface area contributed by atoms with Crippen LogP contribution in [0.1, 0.15) is 29.4 Å². The first-order chi connectivity index (χ1) is 13.0. The van der Waals surface area contributed by atoms with Gasteiger partial charge in [-0.25, -0.2) is 0 Å². The zero-order valence-corrected chi connectivity index (χ0v) is 18.6. The number of benzene rings is 2. The van der Waals surface area contributed by atoms with Gasteiger partial charge in [0, 0.05) is 33.3 Å². The molecule has 0 radical (unpaired) electrons. The lowest BCUT2D eigenvalue weighted by Crippen LogP contribution is -2.08. The maximum absolute atomic E-state index is 12.6. The van der Waals surface area contributed by atoms with Crippen LogP contribution in [0.25, 0.3) is 0 Å². The maximum atomic E-state index is 12.6. The highest BCUT2D eigenvalue weighted by Gasteiger charge is 2.14.